The van der Waals surface area contributed by atoms with E-state index in [2.05, 4.69) is 48.5 Å². The summed E-state index contributed by atoms with van der Waals surface area (Å²) in [5.41, 5.74) is 9.14. The largest absolute Gasteiger partial charge is 0.476 e. The Balaban J connectivity index is 1.03. The summed E-state index contributed by atoms with van der Waals surface area (Å²) >= 11 is 0. The number of amides is 1. The van der Waals surface area contributed by atoms with Crippen molar-refractivity contribution in [1.82, 2.24) is 25.1 Å². The van der Waals surface area contributed by atoms with Crippen LogP contribution in [0.1, 0.15) is 36.9 Å². The molecule has 1 aromatic carbocycles. The molecular formula is C26H31N9O2. The summed E-state index contributed by atoms with van der Waals surface area (Å²) in [6.45, 7) is 6.27. The van der Waals surface area contributed by atoms with E-state index >= 15 is 0 Å². The summed E-state index contributed by atoms with van der Waals surface area (Å²) in [4.78, 5) is 27.4. The first kappa shape index (κ1) is 23.3. The fourth-order valence-corrected chi connectivity index (χ4v) is 4.83. The number of nitrogens with one attached hydrogen (secondary N) is 2. The van der Waals surface area contributed by atoms with E-state index in [-0.39, 0.29) is 6.23 Å². The van der Waals surface area contributed by atoms with E-state index < -0.39 is 5.91 Å². The van der Waals surface area contributed by atoms with Gasteiger partial charge >= 0.3 is 0 Å². The minimum atomic E-state index is -0.500. The van der Waals surface area contributed by atoms with Gasteiger partial charge in [0.25, 0.3) is 5.91 Å². The fraction of sp³-hybridized carbons (Fsp3) is 0.385. The molecule has 1 saturated heterocycles. The van der Waals surface area contributed by atoms with Crippen LogP contribution in [0, 0.1) is 0 Å². The van der Waals surface area contributed by atoms with Gasteiger partial charge in [-0.25, -0.2) is 4.98 Å². The van der Waals surface area contributed by atoms with Gasteiger partial charge in [0.2, 0.25) is 5.95 Å². The van der Waals surface area contributed by atoms with Gasteiger partial charge in [-0.1, -0.05) is 12.1 Å². The highest BCUT2D eigenvalue weighted by Crippen LogP contribution is 2.39. The number of primary amides is 1. The van der Waals surface area contributed by atoms with Crippen molar-refractivity contribution in [2.24, 2.45) is 5.73 Å². The Hall–Kier alpha value is -4.12. The molecule has 4 N–H and O–H groups in total. The number of aromatic nitrogens is 4. The number of anilines is 4. The molecular weight excluding hydrogens is 470 g/mol. The number of carbonyl (C=O) groups is 1. The standard InChI is InChI=1S/C26H31N9O2/c1-17-35(22(16-37-17)25(27)36)20-6-2-18(3-7-20)15-33-10-12-34(13-11-33)26-28-9-8-23(30-26)29-24-14-21(31-32-24)19-4-5-19/h2-3,6-9,14,16-17,19H,4-5,10-13,15H2,1H3,(H2,27,36)(H2,28,29,30,31,32). The number of hydrogen-bond donors (Lipinski definition) is 3. The summed E-state index contributed by atoms with van der Waals surface area (Å²) in [5.74, 6) is 2.39. The zero-order chi connectivity index (χ0) is 25.4. The van der Waals surface area contributed by atoms with Gasteiger partial charge in [0, 0.05) is 62.3 Å². The first-order valence-electron chi connectivity index (χ1n) is 12.7. The topological polar surface area (TPSA) is 129 Å². The monoisotopic (exact) mass is 501 g/mol. The first-order chi connectivity index (χ1) is 18.0. The molecule has 1 aliphatic carbocycles. The third-order valence-corrected chi connectivity index (χ3v) is 7.04. The first-order valence-corrected chi connectivity index (χ1v) is 12.7. The number of hydrogen-bond acceptors (Lipinski definition) is 9. The van der Waals surface area contributed by atoms with Crippen molar-refractivity contribution in [2.45, 2.75) is 38.5 Å². The van der Waals surface area contributed by atoms with Crippen LogP contribution in [0.25, 0.3) is 0 Å². The van der Waals surface area contributed by atoms with E-state index in [1.165, 1.54) is 30.4 Å². The lowest BCUT2D eigenvalue weighted by molar-refractivity contribution is -0.114. The summed E-state index contributed by atoms with van der Waals surface area (Å²) in [7, 11) is 0. The summed E-state index contributed by atoms with van der Waals surface area (Å²) in [6, 6.07) is 12.1. The second-order valence-corrected chi connectivity index (χ2v) is 9.75. The fourth-order valence-electron chi connectivity index (χ4n) is 4.83. The van der Waals surface area contributed by atoms with Crippen molar-refractivity contribution >= 4 is 29.2 Å². The Bertz CT molecular complexity index is 1290. The molecule has 4 heterocycles. The summed E-state index contributed by atoms with van der Waals surface area (Å²) in [6.07, 6.45) is 5.42. The molecule has 37 heavy (non-hydrogen) atoms. The average Bonchev–Trinajstić information content (AvgIpc) is 3.53. The Morgan fingerprint density at radius 1 is 1.14 bits per heavy atom. The normalized spacial score (nSPS) is 20.0. The third-order valence-electron chi connectivity index (χ3n) is 7.04. The Morgan fingerprint density at radius 2 is 1.92 bits per heavy atom. The highest BCUT2D eigenvalue weighted by molar-refractivity contribution is 5.96. The molecule has 1 atom stereocenters. The molecule has 6 rings (SSSR count). The third kappa shape index (κ3) is 5.08. The van der Waals surface area contributed by atoms with Crippen molar-refractivity contribution in [1.29, 1.82) is 0 Å². The highest BCUT2D eigenvalue weighted by Gasteiger charge is 2.29. The van der Waals surface area contributed by atoms with Gasteiger partial charge in [-0.05, 0) is 43.5 Å². The average molecular weight is 502 g/mol. The molecule has 2 aromatic heterocycles. The maximum atomic E-state index is 11.7. The van der Waals surface area contributed by atoms with E-state index in [1.54, 1.807) is 6.20 Å². The summed E-state index contributed by atoms with van der Waals surface area (Å²) < 4.78 is 5.47. The van der Waals surface area contributed by atoms with Crippen LogP contribution in [-0.2, 0) is 16.1 Å². The smallest absolute Gasteiger partial charge is 0.268 e. The predicted octanol–water partition coefficient (Wildman–Crippen LogP) is 2.65. The number of nitrogens with zero attached hydrogens (tertiary/aromatic N) is 6. The minimum Gasteiger partial charge on any atom is -0.476 e. The predicted molar refractivity (Wildman–Crippen MR) is 140 cm³/mol. The number of nitrogens with two attached hydrogens (primary N) is 1. The van der Waals surface area contributed by atoms with Crippen molar-refractivity contribution in [2.75, 3.05) is 41.3 Å². The summed E-state index contributed by atoms with van der Waals surface area (Å²) in [5, 5.41) is 10.8. The molecule has 3 aliphatic rings. The zero-order valence-corrected chi connectivity index (χ0v) is 20.8. The molecule has 1 unspecified atom stereocenters. The molecule has 1 amide bonds. The molecule has 2 aliphatic heterocycles. The number of piperazine rings is 1. The van der Waals surface area contributed by atoms with Crippen LogP contribution in [0.3, 0.4) is 0 Å². The van der Waals surface area contributed by atoms with E-state index in [9.17, 15) is 4.79 Å². The zero-order valence-electron chi connectivity index (χ0n) is 20.8. The molecule has 3 aromatic rings. The lowest BCUT2D eigenvalue weighted by atomic mass is 10.1. The van der Waals surface area contributed by atoms with Crippen LogP contribution >= 0.6 is 0 Å². The highest BCUT2D eigenvalue weighted by atomic mass is 16.5. The van der Waals surface area contributed by atoms with Crippen molar-refractivity contribution in [3.8, 4) is 0 Å². The van der Waals surface area contributed by atoms with Crippen LogP contribution in [-0.4, -0.2) is 63.4 Å². The molecule has 0 spiro atoms. The van der Waals surface area contributed by atoms with Gasteiger partial charge in [-0.2, -0.15) is 10.1 Å². The Labute approximate surface area is 215 Å². The minimum absolute atomic E-state index is 0.267. The maximum absolute atomic E-state index is 11.7. The molecule has 192 valence electrons. The number of carbonyl (C=O) groups excluding carboxylic acids is 1. The van der Waals surface area contributed by atoms with E-state index in [0.29, 0.717) is 11.6 Å². The van der Waals surface area contributed by atoms with Crippen LogP contribution in [0.4, 0.5) is 23.3 Å². The Kier molecular flexibility index (Phi) is 6.13. The van der Waals surface area contributed by atoms with Crippen molar-refractivity contribution < 1.29 is 9.53 Å². The molecule has 11 nitrogen and oxygen atoms in total. The number of ether oxygens (including phenoxy) is 1. The van der Waals surface area contributed by atoms with Crippen LogP contribution in [0.2, 0.25) is 0 Å². The van der Waals surface area contributed by atoms with Crippen molar-refractivity contribution in [3.63, 3.8) is 0 Å². The van der Waals surface area contributed by atoms with Gasteiger partial charge in [0.15, 0.2) is 12.0 Å². The second kappa shape index (κ2) is 9.74. The molecule has 1 saturated carbocycles. The van der Waals surface area contributed by atoms with Gasteiger partial charge in [-0.15, -0.1) is 0 Å². The van der Waals surface area contributed by atoms with Crippen molar-refractivity contribution in [3.05, 3.63) is 65.8 Å². The quantitative estimate of drug-likeness (QED) is 0.427. The van der Waals surface area contributed by atoms with Gasteiger partial charge in [0.05, 0.1) is 0 Å². The maximum Gasteiger partial charge on any atom is 0.268 e. The molecule has 11 heteroatoms. The van der Waals surface area contributed by atoms with Gasteiger partial charge in [0.1, 0.15) is 17.8 Å². The lowest BCUT2D eigenvalue weighted by Crippen LogP contribution is -2.46. The van der Waals surface area contributed by atoms with E-state index in [1.807, 2.05) is 30.0 Å². The SMILES string of the molecule is CC1OC=C(C(N)=O)N1c1ccc(CN2CCN(c3nccc(Nc4cc(C5CC5)[nH]n4)n3)CC2)cc1. The van der Waals surface area contributed by atoms with E-state index in [0.717, 1.165) is 56.0 Å². The van der Waals surface area contributed by atoms with Crippen LogP contribution < -0.4 is 20.9 Å². The van der Waals surface area contributed by atoms with Crippen LogP contribution in [0.5, 0.6) is 0 Å². The molecule has 2 fully saturated rings. The number of H-pyrrole nitrogens is 1. The Morgan fingerprint density at radius 3 is 2.65 bits per heavy atom. The second-order valence-electron chi connectivity index (χ2n) is 9.75. The molecule has 0 bridgehead atoms. The number of aromatic amines is 1. The molecule has 0 radical (unpaired) electrons. The number of rotatable bonds is 8. The van der Waals surface area contributed by atoms with Gasteiger partial charge < -0.3 is 20.7 Å². The van der Waals surface area contributed by atoms with Gasteiger partial charge in [-0.3, -0.25) is 19.7 Å². The van der Waals surface area contributed by atoms with E-state index in [4.69, 9.17) is 15.5 Å². The van der Waals surface area contributed by atoms with Crippen LogP contribution in [0.15, 0.2) is 54.6 Å². The lowest BCUT2D eigenvalue weighted by Gasteiger charge is -2.34. The number of benzene rings is 1.